The zero-order chi connectivity index (χ0) is 31.6. The van der Waals surface area contributed by atoms with Crippen molar-refractivity contribution in [2.75, 3.05) is 39.9 Å². The van der Waals surface area contributed by atoms with Crippen molar-refractivity contribution in [3.8, 4) is 0 Å². The smallest absolute Gasteiger partial charge is 0.268 e. The number of hydrogen-bond acceptors (Lipinski definition) is 4. The minimum atomic E-state index is -0.299. The van der Waals surface area contributed by atoms with Crippen LogP contribution in [0.1, 0.15) is 83.8 Å². The summed E-state index contributed by atoms with van der Waals surface area (Å²) >= 11 is 5.85. The molecule has 0 saturated heterocycles. The van der Waals surface area contributed by atoms with E-state index < -0.39 is 0 Å². The molecular formula is C33H53ClFN3O3. The topological polar surface area (TPSA) is 74.4 Å². The number of carbonyl (C=O) groups is 2. The van der Waals surface area contributed by atoms with E-state index in [1.165, 1.54) is 45.0 Å². The molecule has 8 heteroatoms. The lowest BCUT2D eigenvalue weighted by atomic mass is 10.2. The summed E-state index contributed by atoms with van der Waals surface area (Å²) in [4.78, 5) is 27.9. The number of methoxy groups -OCH3 is 1. The minimum Gasteiger partial charge on any atom is -0.385 e. The average Bonchev–Trinajstić information content (AvgIpc) is 3.38. The molecule has 0 atom stereocenters. The summed E-state index contributed by atoms with van der Waals surface area (Å²) in [5.74, 6) is -0.555. The lowest BCUT2D eigenvalue weighted by Gasteiger charge is -2.18. The van der Waals surface area contributed by atoms with E-state index in [-0.39, 0.29) is 24.1 Å². The van der Waals surface area contributed by atoms with Gasteiger partial charge >= 0.3 is 0 Å². The molecule has 1 amide bonds. The maximum absolute atomic E-state index is 12.1. The molecule has 0 radical (unpaired) electrons. The van der Waals surface area contributed by atoms with Gasteiger partial charge in [-0.15, -0.1) is 0 Å². The first kappa shape index (κ1) is 40.4. The molecule has 0 aliphatic carbocycles. The number of aryl methyl sites for hydroxylation is 1. The van der Waals surface area contributed by atoms with E-state index in [4.69, 9.17) is 16.3 Å². The van der Waals surface area contributed by atoms with Gasteiger partial charge in [0.05, 0.1) is 6.54 Å². The number of H-pyrrole nitrogens is 1. The molecule has 232 valence electrons. The zero-order valence-electron chi connectivity index (χ0n) is 26.7. The van der Waals surface area contributed by atoms with Crippen LogP contribution in [0.4, 0.5) is 4.39 Å². The summed E-state index contributed by atoms with van der Waals surface area (Å²) in [7, 11) is 1.76. The predicted octanol–water partition coefficient (Wildman–Crippen LogP) is 8.47. The molecule has 1 aromatic heterocycles. The van der Waals surface area contributed by atoms with Crippen molar-refractivity contribution < 1.29 is 18.7 Å². The summed E-state index contributed by atoms with van der Waals surface area (Å²) in [6.45, 7) is 20.5. The Labute approximate surface area is 253 Å². The van der Waals surface area contributed by atoms with Gasteiger partial charge in [0, 0.05) is 36.2 Å². The Morgan fingerprint density at radius 3 is 2.10 bits per heavy atom. The standard InChI is InChI=1S/C12H11ClN2O2.C9H21NO.C7H7F.C3H8.C2H6/c1-7(16)6-14-12(17)11-5-8-4-9(13)2-3-10(8)15-11;1-4-7-10(5-2)8-6-9-11-3;1-6-2-4-7(8)5-3-6;1-3-2;1-2/h2-5,15H,6H2,1H3,(H,14,17);4-9H2,1-3H3;2-5H,1H3;3H2,1-2H3;1-2H3. The second kappa shape index (κ2) is 26.2. The number of rotatable bonds is 10. The van der Waals surface area contributed by atoms with E-state index in [1.54, 1.807) is 43.5 Å². The second-order valence-electron chi connectivity index (χ2n) is 9.08. The van der Waals surface area contributed by atoms with Crippen LogP contribution in [0, 0.1) is 12.7 Å². The number of carbonyl (C=O) groups excluding carboxylic acids is 2. The maximum atomic E-state index is 12.1. The van der Waals surface area contributed by atoms with Gasteiger partial charge in [-0.25, -0.2) is 4.39 Å². The van der Waals surface area contributed by atoms with Crippen molar-refractivity contribution in [1.29, 1.82) is 0 Å². The molecule has 0 fully saturated rings. The summed E-state index contributed by atoms with van der Waals surface area (Å²) < 4.78 is 17.1. The monoisotopic (exact) mass is 593 g/mol. The highest BCUT2D eigenvalue weighted by Gasteiger charge is 2.09. The van der Waals surface area contributed by atoms with Crippen LogP contribution in [0.15, 0.2) is 48.5 Å². The number of benzene rings is 2. The van der Waals surface area contributed by atoms with E-state index in [0.29, 0.717) is 10.7 Å². The van der Waals surface area contributed by atoms with Crippen LogP contribution in [0.3, 0.4) is 0 Å². The van der Waals surface area contributed by atoms with Crippen LogP contribution in [0.25, 0.3) is 10.9 Å². The maximum Gasteiger partial charge on any atom is 0.268 e. The Kier molecular flexibility index (Phi) is 25.8. The third kappa shape index (κ3) is 20.7. The highest BCUT2D eigenvalue weighted by molar-refractivity contribution is 6.31. The van der Waals surface area contributed by atoms with Crippen molar-refractivity contribution in [2.24, 2.45) is 0 Å². The van der Waals surface area contributed by atoms with Gasteiger partial charge in [0.25, 0.3) is 5.91 Å². The van der Waals surface area contributed by atoms with Gasteiger partial charge in [0.15, 0.2) is 0 Å². The van der Waals surface area contributed by atoms with Crippen molar-refractivity contribution >= 4 is 34.2 Å². The number of hydrogen-bond donors (Lipinski definition) is 2. The third-order valence-corrected chi connectivity index (χ3v) is 5.38. The fourth-order valence-corrected chi connectivity index (χ4v) is 3.42. The molecule has 2 aromatic carbocycles. The van der Waals surface area contributed by atoms with Crippen LogP contribution in [0.5, 0.6) is 0 Å². The van der Waals surface area contributed by atoms with E-state index in [9.17, 15) is 14.0 Å². The van der Waals surface area contributed by atoms with Gasteiger partial charge in [0.1, 0.15) is 17.3 Å². The molecule has 0 aliphatic heterocycles. The minimum absolute atomic E-state index is 0.0367. The Bertz CT molecular complexity index is 1050. The molecule has 3 rings (SSSR count). The molecule has 0 bridgehead atoms. The number of halogens is 2. The number of amides is 1. The number of nitrogens with one attached hydrogen (secondary N) is 2. The Morgan fingerprint density at radius 2 is 1.61 bits per heavy atom. The quantitative estimate of drug-likeness (QED) is 0.231. The molecule has 0 aliphatic rings. The molecule has 41 heavy (non-hydrogen) atoms. The third-order valence-electron chi connectivity index (χ3n) is 5.15. The van der Waals surface area contributed by atoms with Crippen molar-refractivity contribution in [1.82, 2.24) is 15.2 Å². The zero-order valence-corrected chi connectivity index (χ0v) is 27.5. The molecule has 0 saturated carbocycles. The average molecular weight is 594 g/mol. The van der Waals surface area contributed by atoms with Crippen molar-refractivity contribution in [3.05, 3.63) is 70.6 Å². The van der Waals surface area contributed by atoms with Crippen LogP contribution in [-0.4, -0.2) is 61.5 Å². The first-order valence-electron chi connectivity index (χ1n) is 14.6. The Morgan fingerprint density at radius 1 is 1.00 bits per heavy atom. The molecule has 0 spiro atoms. The van der Waals surface area contributed by atoms with Crippen LogP contribution in [0.2, 0.25) is 5.02 Å². The summed E-state index contributed by atoms with van der Waals surface area (Å²) in [5.41, 5.74) is 2.34. The molecule has 1 heterocycles. The van der Waals surface area contributed by atoms with Gasteiger partial charge in [0.2, 0.25) is 0 Å². The predicted molar refractivity (Wildman–Crippen MR) is 174 cm³/mol. The van der Waals surface area contributed by atoms with E-state index >= 15 is 0 Å². The number of aromatic amines is 1. The van der Waals surface area contributed by atoms with E-state index in [0.717, 1.165) is 36.0 Å². The molecule has 6 nitrogen and oxygen atoms in total. The van der Waals surface area contributed by atoms with Crippen molar-refractivity contribution in [2.45, 2.75) is 74.7 Å². The Hall–Kier alpha value is -2.74. The SMILES string of the molecule is CC.CC(=O)CNC(=O)c1cc2cc(Cl)ccc2[nH]1.CCC.CCCN(CC)CCCOC.Cc1ccc(F)cc1. The van der Waals surface area contributed by atoms with Crippen LogP contribution >= 0.6 is 11.6 Å². The second-order valence-corrected chi connectivity index (χ2v) is 9.52. The number of ether oxygens (including phenoxy) is 1. The number of fused-ring (bicyclic) bond motifs is 1. The van der Waals surface area contributed by atoms with Gasteiger partial charge in [-0.1, -0.05) is 77.3 Å². The number of aromatic nitrogens is 1. The highest BCUT2D eigenvalue weighted by atomic mass is 35.5. The normalized spacial score (nSPS) is 9.66. The number of nitrogens with zero attached hydrogens (tertiary/aromatic N) is 1. The molecule has 0 unspecified atom stereocenters. The number of ketones is 1. The van der Waals surface area contributed by atoms with E-state index in [1.807, 2.05) is 20.8 Å². The lowest BCUT2D eigenvalue weighted by molar-refractivity contribution is -0.116. The van der Waals surface area contributed by atoms with E-state index in [2.05, 4.69) is 42.9 Å². The van der Waals surface area contributed by atoms with Crippen molar-refractivity contribution in [3.63, 3.8) is 0 Å². The molecule has 3 aromatic rings. The first-order chi connectivity index (χ1) is 19.6. The largest absolute Gasteiger partial charge is 0.385 e. The highest BCUT2D eigenvalue weighted by Crippen LogP contribution is 2.19. The van der Waals surface area contributed by atoms with Gasteiger partial charge in [-0.05, 0) is 76.2 Å². The van der Waals surface area contributed by atoms with Gasteiger partial charge in [-0.2, -0.15) is 0 Å². The lowest BCUT2D eigenvalue weighted by Crippen LogP contribution is -2.28. The fraction of sp³-hybridized carbons (Fsp3) is 0.515. The molecule has 2 N–H and O–H groups in total. The molecular weight excluding hydrogens is 541 g/mol. The number of Topliss-reactive ketones (excluding diaryl/α,β-unsaturated/α-hetero) is 1. The van der Waals surface area contributed by atoms with Gasteiger partial charge < -0.3 is 19.9 Å². The van der Waals surface area contributed by atoms with Gasteiger partial charge in [-0.3, -0.25) is 9.59 Å². The summed E-state index contributed by atoms with van der Waals surface area (Å²) in [5, 5.41) is 4.01. The first-order valence-corrected chi connectivity index (χ1v) is 15.0. The summed E-state index contributed by atoms with van der Waals surface area (Å²) in [6, 6.07) is 13.4. The summed E-state index contributed by atoms with van der Waals surface area (Å²) in [6.07, 6.45) is 3.66. The fourth-order valence-electron chi connectivity index (χ4n) is 3.24. The Balaban J connectivity index is 0. The van der Waals surface area contributed by atoms with Crippen LogP contribution in [-0.2, 0) is 9.53 Å². The van der Waals surface area contributed by atoms with Crippen LogP contribution < -0.4 is 5.32 Å².